The van der Waals surface area contributed by atoms with Crippen LogP contribution in [0.1, 0.15) is 40.0 Å². The number of phenols is 1. The Morgan fingerprint density at radius 1 is 1.11 bits per heavy atom. The Morgan fingerprint density at radius 3 is 2.43 bits per heavy atom. The molecule has 2 aromatic carbocycles. The predicted molar refractivity (Wildman–Crippen MR) is 114 cm³/mol. The third-order valence-corrected chi connectivity index (χ3v) is 8.40. The maximum absolute atomic E-state index is 14.4. The highest BCUT2D eigenvalue weighted by Crippen LogP contribution is 2.52. The predicted octanol–water partition coefficient (Wildman–Crippen LogP) is 5.11. The summed E-state index contributed by atoms with van der Waals surface area (Å²) < 4.78 is 26.1. The minimum Gasteiger partial charge on any atom is -0.507 e. The highest BCUT2D eigenvalue weighted by atomic mass is 31.2. The number of rotatable bonds is 6. The highest BCUT2D eigenvalue weighted by molar-refractivity contribution is 7.74. The van der Waals surface area contributed by atoms with Gasteiger partial charge in [0, 0.05) is 11.4 Å². The SMILES string of the molecule is COc1ccc(P(=O)(O[C@@H]2C[C@H](C)CC[C@H]2C(C)C)c2ccccc2)c(O)c1. The van der Waals surface area contributed by atoms with Crippen LogP contribution in [-0.4, -0.2) is 18.3 Å². The Balaban J connectivity index is 2.06. The molecular weight excluding hydrogens is 371 g/mol. The van der Waals surface area contributed by atoms with E-state index in [1.165, 1.54) is 12.5 Å². The summed E-state index contributed by atoms with van der Waals surface area (Å²) in [6.07, 6.45) is 3.03. The third kappa shape index (κ3) is 4.29. The topological polar surface area (TPSA) is 55.8 Å². The van der Waals surface area contributed by atoms with Crippen LogP contribution in [0.4, 0.5) is 0 Å². The van der Waals surface area contributed by atoms with Gasteiger partial charge in [-0.2, -0.15) is 0 Å². The lowest BCUT2D eigenvalue weighted by Crippen LogP contribution is -2.36. The van der Waals surface area contributed by atoms with Gasteiger partial charge in [0.2, 0.25) is 0 Å². The van der Waals surface area contributed by atoms with E-state index in [1.54, 1.807) is 19.2 Å². The number of hydrogen-bond acceptors (Lipinski definition) is 4. The minimum absolute atomic E-state index is 0.0588. The molecule has 0 saturated heterocycles. The van der Waals surface area contributed by atoms with Crippen molar-refractivity contribution in [3.8, 4) is 11.5 Å². The van der Waals surface area contributed by atoms with Crippen molar-refractivity contribution in [1.29, 1.82) is 0 Å². The van der Waals surface area contributed by atoms with Crippen molar-refractivity contribution in [2.75, 3.05) is 7.11 Å². The first-order valence-corrected chi connectivity index (χ1v) is 11.7. The summed E-state index contributed by atoms with van der Waals surface area (Å²) in [4.78, 5) is 0. The van der Waals surface area contributed by atoms with Crippen LogP contribution >= 0.6 is 7.37 Å². The number of benzene rings is 2. The van der Waals surface area contributed by atoms with Crippen LogP contribution in [0, 0.1) is 17.8 Å². The zero-order chi connectivity index (χ0) is 20.3. The van der Waals surface area contributed by atoms with E-state index < -0.39 is 7.37 Å². The zero-order valence-electron chi connectivity index (χ0n) is 17.2. The van der Waals surface area contributed by atoms with Crippen molar-refractivity contribution >= 4 is 18.0 Å². The van der Waals surface area contributed by atoms with Gasteiger partial charge in [-0.05, 0) is 54.9 Å². The Kier molecular flexibility index (Phi) is 6.52. The maximum Gasteiger partial charge on any atom is 0.265 e. The average Bonchev–Trinajstić information content (AvgIpc) is 2.68. The van der Waals surface area contributed by atoms with Gasteiger partial charge in [0.1, 0.15) is 11.5 Å². The lowest BCUT2D eigenvalue weighted by molar-refractivity contribution is 0.0514. The van der Waals surface area contributed by atoms with Crippen molar-refractivity contribution in [2.24, 2.45) is 17.8 Å². The van der Waals surface area contributed by atoms with E-state index in [-0.39, 0.29) is 11.9 Å². The van der Waals surface area contributed by atoms with E-state index in [4.69, 9.17) is 9.26 Å². The number of aromatic hydroxyl groups is 1. The summed E-state index contributed by atoms with van der Waals surface area (Å²) >= 11 is 0. The molecule has 1 N–H and O–H groups in total. The fourth-order valence-corrected chi connectivity index (χ4v) is 6.53. The summed E-state index contributed by atoms with van der Waals surface area (Å²) in [5.74, 6) is 1.80. The molecule has 0 aromatic heterocycles. The molecule has 4 nitrogen and oxygen atoms in total. The molecule has 0 radical (unpaired) electrons. The van der Waals surface area contributed by atoms with Gasteiger partial charge >= 0.3 is 0 Å². The Labute approximate surface area is 168 Å². The third-order valence-electron chi connectivity index (χ3n) is 5.84. The number of hydrogen-bond donors (Lipinski definition) is 1. The molecule has 0 amide bonds. The average molecular weight is 402 g/mol. The van der Waals surface area contributed by atoms with E-state index in [0.717, 1.165) is 12.8 Å². The fourth-order valence-electron chi connectivity index (χ4n) is 4.19. The van der Waals surface area contributed by atoms with Crippen molar-refractivity contribution < 1.29 is 18.9 Å². The molecule has 0 bridgehead atoms. The molecule has 1 saturated carbocycles. The molecule has 1 aliphatic carbocycles. The summed E-state index contributed by atoms with van der Waals surface area (Å²) in [6, 6.07) is 14.1. The van der Waals surface area contributed by atoms with Gasteiger partial charge in [-0.3, -0.25) is 4.57 Å². The first-order valence-electron chi connectivity index (χ1n) is 10.1. The van der Waals surface area contributed by atoms with Gasteiger partial charge in [0.25, 0.3) is 7.37 Å². The molecule has 1 fully saturated rings. The molecule has 0 heterocycles. The fraction of sp³-hybridized carbons (Fsp3) is 0.478. The second-order valence-corrected chi connectivity index (χ2v) is 10.5. The maximum atomic E-state index is 14.4. The summed E-state index contributed by atoms with van der Waals surface area (Å²) in [5, 5.41) is 11.6. The first-order chi connectivity index (χ1) is 13.3. The molecule has 152 valence electrons. The van der Waals surface area contributed by atoms with Gasteiger partial charge in [-0.25, -0.2) is 0 Å². The monoisotopic (exact) mass is 402 g/mol. The molecule has 5 heteroatoms. The number of phenolic OH excluding ortho intramolecular Hbond substituents is 1. The van der Waals surface area contributed by atoms with Crippen molar-refractivity contribution in [1.82, 2.24) is 0 Å². The van der Waals surface area contributed by atoms with E-state index in [0.29, 0.717) is 34.1 Å². The van der Waals surface area contributed by atoms with Crippen LogP contribution < -0.4 is 15.3 Å². The van der Waals surface area contributed by atoms with E-state index in [1.807, 2.05) is 30.3 Å². The largest absolute Gasteiger partial charge is 0.507 e. The van der Waals surface area contributed by atoms with Crippen LogP contribution in [0.2, 0.25) is 0 Å². The zero-order valence-corrected chi connectivity index (χ0v) is 18.1. The smallest absolute Gasteiger partial charge is 0.265 e. The van der Waals surface area contributed by atoms with E-state index in [9.17, 15) is 9.67 Å². The quantitative estimate of drug-likeness (QED) is 0.683. The van der Waals surface area contributed by atoms with Crippen molar-refractivity contribution in [3.05, 3.63) is 48.5 Å². The van der Waals surface area contributed by atoms with Crippen LogP contribution in [0.5, 0.6) is 11.5 Å². The van der Waals surface area contributed by atoms with Gasteiger partial charge < -0.3 is 14.4 Å². The van der Waals surface area contributed by atoms with Gasteiger partial charge in [-0.1, -0.05) is 45.4 Å². The molecule has 0 aliphatic heterocycles. The van der Waals surface area contributed by atoms with Crippen LogP contribution in [0.3, 0.4) is 0 Å². The molecule has 1 aliphatic rings. The van der Waals surface area contributed by atoms with Crippen LogP contribution in [0.25, 0.3) is 0 Å². The first kappa shape index (κ1) is 21.0. The molecule has 4 atom stereocenters. The molecule has 1 unspecified atom stereocenters. The van der Waals surface area contributed by atoms with E-state index >= 15 is 0 Å². The van der Waals surface area contributed by atoms with Gasteiger partial charge in [-0.15, -0.1) is 0 Å². The van der Waals surface area contributed by atoms with Crippen molar-refractivity contribution in [3.63, 3.8) is 0 Å². The lowest BCUT2D eigenvalue weighted by atomic mass is 9.75. The van der Waals surface area contributed by atoms with Crippen LogP contribution in [-0.2, 0) is 9.09 Å². The van der Waals surface area contributed by atoms with Crippen LogP contribution in [0.15, 0.2) is 48.5 Å². The Bertz CT molecular complexity index is 834. The molecular formula is C23H31O4P. The summed E-state index contributed by atoms with van der Waals surface area (Å²) in [7, 11) is -1.93. The van der Waals surface area contributed by atoms with E-state index in [2.05, 4.69) is 20.8 Å². The molecule has 28 heavy (non-hydrogen) atoms. The number of methoxy groups -OCH3 is 1. The minimum atomic E-state index is -3.47. The lowest BCUT2D eigenvalue weighted by Gasteiger charge is -2.39. The second-order valence-electron chi connectivity index (χ2n) is 8.21. The molecule has 0 spiro atoms. The van der Waals surface area contributed by atoms with Gasteiger partial charge in [0.05, 0.1) is 18.5 Å². The second kappa shape index (κ2) is 8.71. The molecule has 2 aromatic rings. The normalized spacial score (nSPS) is 24.7. The number of ether oxygens (including phenoxy) is 1. The molecule has 3 rings (SSSR count). The van der Waals surface area contributed by atoms with Gasteiger partial charge in [0.15, 0.2) is 0 Å². The Morgan fingerprint density at radius 2 is 1.82 bits per heavy atom. The summed E-state index contributed by atoms with van der Waals surface area (Å²) in [5.41, 5.74) is 0. The summed E-state index contributed by atoms with van der Waals surface area (Å²) in [6.45, 7) is 6.63. The van der Waals surface area contributed by atoms with Crippen molar-refractivity contribution in [2.45, 2.75) is 46.1 Å². The standard InChI is InChI=1S/C23H31O4P/c1-16(2)20-12-10-17(3)14-22(20)27-28(25,19-8-6-5-7-9-19)23-13-11-18(26-4)15-21(23)24/h5-9,11,13,15-17,20,22,24H,10,12,14H2,1-4H3/t17-,20+,22-,28?/m1/s1. The Hall–Kier alpha value is -1.77. The highest BCUT2D eigenvalue weighted by Gasteiger charge is 2.40.